The molecule has 0 radical (unpaired) electrons. The van der Waals surface area contributed by atoms with Crippen LogP contribution in [-0.2, 0) is 6.54 Å². The number of hydrogen-bond acceptors (Lipinski definition) is 2. The van der Waals surface area contributed by atoms with Crippen molar-refractivity contribution in [3.63, 3.8) is 0 Å². The number of nitrogens with zero attached hydrogens (tertiary/aromatic N) is 1. The second kappa shape index (κ2) is 6.38. The summed E-state index contributed by atoms with van der Waals surface area (Å²) in [5.74, 6) is 0. The molecule has 0 aliphatic rings. The van der Waals surface area contributed by atoms with Crippen LogP contribution in [0.3, 0.4) is 0 Å². The Bertz CT molecular complexity index is 337. The Morgan fingerprint density at radius 1 is 1.44 bits per heavy atom. The predicted molar refractivity (Wildman–Crippen MR) is 73.5 cm³/mol. The molecular formula is C13H21BrN2. The van der Waals surface area contributed by atoms with E-state index in [1.54, 1.807) is 0 Å². The van der Waals surface area contributed by atoms with Crippen molar-refractivity contribution in [2.24, 2.45) is 5.73 Å². The van der Waals surface area contributed by atoms with Crippen molar-refractivity contribution in [3.05, 3.63) is 33.8 Å². The van der Waals surface area contributed by atoms with Crippen molar-refractivity contribution in [3.8, 4) is 0 Å². The lowest BCUT2D eigenvalue weighted by Gasteiger charge is -2.19. The number of rotatable bonds is 5. The third-order valence-corrected chi connectivity index (χ3v) is 3.21. The molecule has 0 saturated heterocycles. The monoisotopic (exact) mass is 284 g/mol. The van der Waals surface area contributed by atoms with Crippen LogP contribution in [0.5, 0.6) is 0 Å². The SMILES string of the molecule is Cc1ccc(Br)cc1CN(C)CCC(C)N. The minimum absolute atomic E-state index is 0.283. The van der Waals surface area contributed by atoms with E-state index in [1.807, 2.05) is 0 Å². The van der Waals surface area contributed by atoms with Gasteiger partial charge in [0.2, 0.25) is 0 Å². The number of halogens is 1. The molecule has 90 valence electrons. The van der Waals surface area contributed by atoms with Crippen molar-refractivity contribution in [1.29, 1.82) is 0 Å². The molecular weight excluding hydrogens is 264 g/mol. The van der Waals surface area contributed by atoms with Crippen molar-refractivity contribution in [1.82, 2.24) is 4.90 Å². The second-order valence-electron chi connectivity index (χ2n) is 4.57. The molecule has 0 fully saturated rings. The van der Waals surface area contributed by atoms with Crippen LogP contribution in [0.4, 0.5) is 0 Å². The summed E-state index contributed by atoms with van der Waals surface area (Å²) in [6.07, 6.45) is 1.05. The first kappa shape index (κ1) is 13.7. The minimum Gasteiger partial charge on any atom is -0.328 e. The van der Waals surface area contributed by atoms with Gasteiger partial charge in [0.1, 0.15) is 0 Å². The Kier molecular flexibility index (Phi) is 5.46. The quantitative estimate of drug-likeness (QED) is 0.901. The average Bonchev–Trinajstić information content (AvgIpc) is 2.20. The van der Waals surface area contributed by atoms with E-state index in [0.29, 0.717) is 0 Å². The van der Waals surface area contributed by atoms with Gasteiger partial charge in [-0.05, 0) is 57.1 Å². The maximum atomic E-state index is 5.75. The summed E-state index contributed by atoms with van der Waals surface area (Å²) in [4.78, 5) is 2.32. The maximum Gasteiger partial charge on any atom is 0.0233 e. The molecule has 0 aromatic heterocycles. The zero-order valence-corrected chi connectivity index (χ0v) is 11.9. The Balaban J connectivity index is 2.55. The van der Waals surface area contributed by atoms with Crippen molar-refractivity contribution in [2.75, 3.05) is 13.6 Å². The molecule has 1 atom stereocenters. The van der Waals surface area contributed by atoms with Crippen LogP contribution in [0.1, 0.15) is 24.5 Å². The lowest BCUT2D eigenvalue weighted by molar-refractivity contribution is 0.313. The third kappa shape index (κ3) is 4.64. The number of hydrogen-bond donors (Lipinski definition) is 1. The molecule has 1 aromatic rings. The Morgan fingerprint density at radius 3 is 2.75 bits per heavy atom. The molecule has 1 unspecified atom stereocenters. The van der Waals surface area contributed by atoms with E-state index in [2.05, 4.69) is 59.9 Å². The average molecular weight is 285 g/mol. The third-order valence-electron chi connectivity index (χ3n) is 2.72. The van der Waals surface area contributed by atoms with Crippen molar-refractivity contribution < 1.29 is 0 Å². The van der Waals surface area contributed by atoms with E-state index in [9.17, 15) is 0 Å². The normalized spacial score (nSPS) is 13.1. The van der Waals surface area contributed by atoms with Crippen LogP contribution in [-0.4, -0.2) is 24.5 Å². The Labute approximate surface area is 107 Å². The molecule has 0 heterocycles. The van der Waals surface area contributed by atoms with E-state index < -0.39 is 0 Å². The molecule has 1 aromatic carbocycles. The van der Waals surface area contributed by atoms with E-state index in [4.69, 9.17) is 5.73 Å². The van der Waals surface area contributed by atoms with Crippen LogP contribution in [0.25, 0.3) is 0 Å². The van der Waals surface area contributed by atoms with Crippen LogP contribution in [0, 0.1) is 6.92 Å². The van der Waals surface area contributed by atoms with Gasteiger partial charge in [-0.15, -0.1) is 0 Å². The van der Waals surface area contributed by atoms with Gasteiger partial charge in [0.05, 0.1) is 0 Å². The summed E-state index contributed by atoms with van der Waals surface area (Å²) < 4.78 is 1.15. The van der Waals surface area contributed by atoms with Crippen molar-refractivity contribution >= 4 is 15.9 Å². The number of benzene rings is 1. The van der Waals surface area contributed by atoms with E-state index in [-0.39, 0.29) is 6.04 Å². The van der Waals surface area contributed by atoms with Crippen LogP contribution in [0.15, 0.2) is 22.7 Å². The van der Waals surface area contributed by atoms with Gasteiger partial charge in [0.25, 0.3) is 0 Å². The van der Waals surface area contributed by atoms with Gasteiger partial charge >= 0.3 is 0 Å². The van der Waals surface area contributed by atoms with Gasteiger partial charge in [-0.3, -0.25) is 0 Å². The topological polar surface area (TPSA) is 29.3 Å². The van der Waals surface area contributed by atoms with Gasteiger partial charge in [-0.2, -0.15) is 0 Å². The standard InChI is InChI=1S/C13H21BrN2/c1-10-4-5-13(14)8-12(10)9-16(3)7-6-11(2)15/h4-5,8,11H,6-7,9,15H2,1-3H3. The first-order valence-corrected chi connectivity index (χ1v) is 6.47. The van der Waals surface area contributed by atoms with E-state index in [0.717, 1.165) is 24.0 Å². The molecule has 0 amide bonds. The van der Waals surface area contributed by atoms with Crippen molar-refractivity contribution in [2.45, 2.75) is 32.9 Å². The van der Waals surface area contributed by atoms with Crippen LogP contribution in [0.2, 0.25) is 0 Å². The molecule has 0 spiro atoms. The van der Waals surface area contributed by atoms with E-state index in [1.165, 1.54) is 11.1 Å². The summed E-state index contributed by atoms with van der Waals surface area (Å²) in [6.45, 7) is 6.24. The molecule has 0 bridgehead atoms. The summed E-state index contributed by atoms with van der Waals surface area (Å²) >= 11 is 3.51. The summed E-state index contributed by atoms with van der Waals surface area (Å²) in [5, 5.41) is 0. The minimum atomic E-state index is 0.283. The molecule has 0 aliphatic carbocycles. The Morgan fingerprint density at radius 2 is 2.12 bits per heavy atom. The first-order valence-electron chi connectivity index (χ1n) is 5.68. The van der Waals surface area contributed by atoms with Crippen LogP contribution >= 0.6 is 15.9 Å². The van der Waals surface area contributed by atoms with Gasteiger partial charge in [0.15, 0.2) is 0 Å². The smallest absolute Gasteiger partial charge is 0.0233 e. The Hall–Kier alpha value is -0.380. The van der Waals surface area contributed by atoms with Gasteiger partial charge in [-0.1, -0.05) is 22.0 Å². The molecule has 16 heavy (non-hydrogen) atoms. The highest BCUT2D eigenvalue weighted by Crippen LogP contribution is 2.17. The highest BCUT2D eigenvalue weighted by molar-refractivity contribution is 9.10. The fourth-order valence-electron chi connectivity index (χ4n) is 1.60. The second-order valence-corrected chi connectivity index (χ2v) is 5.49. The lowest BCUT2D eigenvalue weighted by Crippen LogP contribution is -2.26. The van der Waals surface area contributed by atoms with Gasteiger partial charge in [0, 0.05) is 17.1 Å². The summed E-state index contributed by atoms with van der Waals surface area (Å²) in [6, 6.07) is 6.71. The summed E-state index contributed by atoms with van der Waals surface area (Å²) in [7, 11) is 2.14. The molecule has 3 heteroatoms. The van der Waals surface area contributed by atoms with Crippen LogP contribution < -0.4 is 5.73 Å². The molecule has 1 rings (SSSR count). The predicted octanol–water partition coefficient (Wildman–Crippen LogP) is 2.93. The molecule has 2 nitrogen and oxygen atoms in total. The first-order chi connectivity index (χ1) is 7.49. The molecule has 0 aliphatic heterocycles. The van der Waals surface area contributed by atoms with Gasteiger partial charge in [-0.25, -0.2) is 0 Å². The maximum absolute atomic E-state index is 5.75. The largest absolute Gasteiger partial charge is 0.328 e. The fourth-order valence-corrected chi connectivity index (χ4v) is 2.01. The zero-order chi connectivity index (χ0) is 12.1. The highest BCUT2D eigenvalue weighted by Gasteiger charge is 2.05. The summed E-state index contributed by atoms with van der Waals surface area (Å²) in [5.41, 5.74) is 8.47. The molecule has 0 saturated carbocycles. The highest BCUT2D eigenvalue weighted by atomic mass is 79.9. The fraction of sp³-hybridized carbons (Fsp3) is 0.538. The van der Waals surface area contributed by atoms with Gasteiger partial charge < -0.3 is 10.6 Å². The zero-order valence-electron chi connectivity index (χ0n) is 10.3. The lowest BCUT2D eigenvalue weighted by atomic mass is 10.1. The number of aryl methyl sites for hydroxylation is 1. The molecule has 2 N–H and O–H groups in total. The number of nitrogens with two attached hydrogens (primary N) is 1. The van der Waals surface area contributed by atoms with E-state index >= 15 is 0 Å².